The normalized spacial score (nSPS) is 16.2. The molecule has 0 saturated carbocycles. The first-order chi connectivity index (χ1) is 11.4. The van der Waals surface area contributed by atoms with E-state index in [4.69, 9.17) is 4.74 Å². The molecule has 1 aromatic carbocycles. The molecule has 1 aromatic rings. The molecule has 1 aliphatic rings. The van der Waals surface area contributed by atoms with Crippen LogP contribution in [0.1, 0.15) is 33.6 Å². The molecule has 2 rings (SSSR count). The molecule has 1 fully saturated rings. The molecule has 1 saturated heterocycles. The molecule has 5 heteroatoms. The Morgan fingerprint density at radius 2 is 1.75 bits per heavy atom. The van der Waals surface area contributed by atoms with E-state index in [9.17, 15) is 4.79 Å². The summed E-state index contributed by atoms with van der Waals surface area (Å²) in [5, 5.41) is 0. The number of carbonyl (C=O) groups excluding carboxylic acids is 1. The highest BCUT2D eigenvalue weighted by atomic mass is 32.2. The number of ether oxygens (including phenoxy) is 1. The third kappa shape index (κ3) is 7.14. The molecule has 24 heavy (non-hydrogen) atoms. The number of unbranched alkanes of at least 4 members (excludes halogenated alkanes) is 1. The van der Waals surface area contributed by atoms with Crippen LogP contribution in [0.2, 0.25) is 0 Å². The van der Waals surface area contributed by atoms with Crippen molar-refractivity contribution in [1.29, 1.82) is 0 Å². The van der Waals surface area contributed by atoms with Crippen molar-refractivity contribution < 1.29 is 9.53 Å². The Balaban J connectivity index is 1.56. The largest absolute Gasteiger partial charge is 0.444 e. The fraction of sp³-hybridized carbons (Fsp3) is 0.632. The first-order valence-corrected chi connectivity index (χ1v) is 9.81. The van der Waals surface area contributed by atoms with Gasteiger partial charge in [0, 0.05) is 31.1 Å². The van der Waals surface area contributed by atoms with Crippen molar-refractivity contribution in [2.24, 2.45) is 0 Å². The fourth-order valence-electron chi connectivity index (χ4n) is 2.62. The van der Waals surface area contributed by atoms with E-state index in [1.54, 1.807) is 0 Å². The molecule has 0 spiro atoms. The Morgan fingerprint density at radius 1 is 1.08 bits per heavy atom. The summed E-state index contributed by atoms with van der Waals surface area (Å²) >= 11 is 1.93. The molecule has 0 atom stereocenters. The van der Waals surface area contributed by atoms with Gasteiger partial charge in [-0.1, -0.05) is 18.2 Å². The van der Waals surface area contributed by atoms with Crippen molar-refractivity contribution in [2.45, 2.75) is 44.1 Å². The number of carbonyl (C=O) groups is 1. The van der Waals surface area contributed by atoms with Crippen LogP contribution in [-0.2, 0) is 4.74 Å². The predicted molar refractivity (Wildman–Crippen MR) is 101 cm³/mol. The minimum absolute atomic E-state index is 0.179. The molecule has 0 N–H and O–H groups in total. The van der Waals surface area contributed by atoms with E-state index in [1.807, 2.05) is 37.4 Å². The topological polar surface area (TPSA) is 32.8 Å². The van der Waals surface area contributed by atoms with Gasteiger partial charge in [-0.3, -0.25) is 4.90 Å². The quantitative estimate of drug-likeness (QED) is 0.571. The minimum Gasteiger partial charge on any atom is -0.444 e. The number of hydrogen-bond acceptors (Lipinski definition) is 4. The predicted octanol–water partition coefficient (Wildman–Crippen LogP) is 4.11. The zero-order valence-corrected chi connectivity index (χ0v) is 16.0. The third-order valence-corrected chi connectivity index (χ3v) is 5.00. The Hall–Kier alpha value is -1.20. The summed E-state index contributed by atoms with van der Waals surface area (Å²) in [4.78, 5) is 17.7. The van der Waals surface area contributed by atoms with E-state index in [2.05, 4.69) is 35.2 Å². The average Bonchev–Trinajstić information content (AvgIpc) is 2.54. The summed E-state index contributed by atoms with van der Waals surface area (Å²) in [5.41, 5.74) is -0.412. The number of rotatable bonds is 6. The van der Waals surface area contributed by atoms with Gasteiger partial charge in [0.1, 0.15) is 5.60 Å². The van der Waals surface area contributed by atoms with Gasteiger partial charge >= 0.3 is 6.09 Å². The van der Waals surface area contributed by atoms with E-state index in [1.165, 1.54) is 23.5 Å². The lowest BCUT2D eigenvalue weighted by Crippen LogP contribution is -2.50. The Labute approximate surface area is 150 Å². The van der Waals surface area contributed by atoms with Gasteiger partial charge in [0.05, 0.1) is 0 Å². The highest BCUT2D eigenvalue weighted by Gasteiger charge is 2.25. The highest BCUT2D eigenvalue weighted by Crippen LogP contribution is 2.18. The monoisotopic (exact) mass is 350 g/mol. The molecule has 4 nitrogen and oxygen atoms in total. The van der Waals surface area contributed by atoms with Crippen molar-refractivity contribution in [3.63, 3.8) is 0 Å². The van der Waals surface area contributed by atoms with E-state index in [0.717, 1.165) is 32.7 Å². The van der Waals surface area contributed by atoms with Crippen LogP contribution < -0.4 is 0 Å². The molecule has 0 aromatic heterocycles. The lowest BCUT2D eigenvalue weighted by atomic mass is 10.2. The van der Waals surface area contributed by atoms with Crippen LogP contribution in [0.25, 0.3) is 0 Å². The first kappa shape index (κ1) is 19.1. The molecule has 1 aliphatic heterocycles. The Kier molecular flexibility index (Phi) is 7.43. The van der Waals surface area contributed by atoms with Crippen molar-refractivity contribution in [2.75, 3.05) is 38.5 Å². The zero-order chi connectivity index (χ0) is 17.4. The number of hydrogen-bond donors (Lipinski definition) is 0. The van der Waals surface area contributed by atoms with E-state index in [-0.39, 0.29) is 6.09 Å². The van der Waals surface area contributed by atoms with Gasteiger partial charge in [-0.15, -0.1) is 11.8 Å². The van der Waals surface area contributed by atoms with Gasteiger partial charge in [-0.25, -0.2) is 4.79 Å². The number of piperazine rings is 1. The summed E-state index contributed by atoms with van der Waals surface area (Å²) in [6, 6.07) is 10.6. The lowest BCUT2D eigenvalue weighted by molar-refractivity contribution is 0.0144. The summed E-state index contributed by atoms with van der Waals surface area (Å²) in [5.74, 6) is 1.17. The van der Waals surface area contributed by atoms with Crippen molar-refractivity contribution in [3.05, 3.63) is 30.3 Å². The van der Waals surface area contributed by atoms with Crippen molar-refractivity contribution >= 4 is 17.9 Å². The van der Waals surface area contributed by atoms with Gasteiger partial charge in [0.25, 0.3) is 0 Å². The first-order valence-electron chi connectivity index (χ1n) is 8.82. The van der Waals surface area contributed by atoms with E-state index < -0.39 is 5.60 Å². The Morgan fingerprint density at radius 3 is 2.38 bits per heavy atom. The van der Waals surface area contributed by atoms with Crippen LogP contribution in [0.3, 0.4) is 0 Å². The zero-order valence-electron chi connectivity index (χ0n) is 15.2. The van der Waals surface area contributed by atoms with Crippen LogP contribution >= 0.6 is 11.8 Å². The maximum atomic E-state index is 12.0. The van der Waals surface area contributed by atoms with Crippen molar-refractivity contribution in [3.8, 4) is 0 Å². The molecule has 0 unspecified atom stereocenters. The van der Waals surface area contributed by atoms with Gasteiger partial charge < -0.3 is 9.64 Å². The number of nitrogens with zero attached hydrogens (tertiary/aromatic N) is 2. The van der Waals surface area contributed by atoms with Crippen LogP contribution in [-0.4, -0.2) is 60.0 Å². The lowest BCUT2D eigenvalue weighted by Gasteiger charge is -2.35. The maximum Gasteiger partial charge on any atom is 0.410 e. The molecular formula is C19H30N2O2S. The van der Waals surface area contributed by atoms with Gasteiger partial charge in [-0.2, -0.15) is 0 Å². The van der Waals surface area contributed by atoms with Crippen LogP contribution in [0.15, 0.2) is 35.2 Å². The Bertz CT molecular complexity index is 494. The number of amides is 1. The van der Waals surface area contributed by atoms with Crippen LogP contribution in [0, 0.1) is 0 Å². The highest BCUT2D eigenvalue weighted by molar-refractivity contribution is 7.99. The SMILES string of the molecule is CC(C)(C)OC(=O)N1CCN(CCCCSc2ccccc2)CC1. The molecular weight excluding hydrogens is 320 g/mol. The second-order valence-corrected chi connectivity index (χ2v) is 8.35. The minimum atomic E-state index is -0.412. The van der Waals surface area contributed by atoms with Gasteiger partial charge in [0.2, 0.25) is 0 Å². The standard InChI is InChI=1S/C19H30N2O2S/c1-19(2,3)23-18(22)21-14-12-20(13-15-21)11-7-8-16-24-17-9-5-4-6-10-17/h4-6,9-10H,7-8,11-16H2,1-3H3. The van der Waals surface area contributed by atoms with Gasteiger partial charge in [-0.05, 0) is 58.0 Å². The number of benzene rings is 1. The third-order valence-electron chi connectivity index (χ3n) is 3.90. The van der Waals surface area contributed by atoms with Crippen LogP contribution in [0.5, 0.6) is 0 Å². The second-order valence-electron chi connectivity index (χ2n) is 7.18. The molecule has 0 radical (unpaired) electrons. The molecule has 1 heterocycles. The maximum absolute atomic E-state index is 12.0. The van der Waals surface area contributed by atoms with Gasteiger partial charge in [0.15, 0.2) is 0 Å². The molecule has 134 valence electrons. The van der Waals surface area contributed by atoms with Crippen molar-refractivity contribution in [1.82, 2.24) is 9.80 Å². The number of thioether (sulfide) groups is 1. The summed E-state index contributed by atoms with van der Waals surface area (Å²) < 4.78 is 5.43. The summed E-state index contributed by atoms with van der Waals surface area (Å²) in [7, 11) is 0. The molecule has 1 amide bonds. The van der Waals surface area contributed by atoms with E-state index in [0.29, 0.717) is 0 Å². The van der Waals surface area contributed by atoms with E-state index >= 15 is 0 Å². The summed E-state index contributed by atoms with van der Waals surface area (Å²) in [6.07, 6.45) is 2.26. The molecule has 0 bridgehead atoms. The van der Waals surface area contributed by atoms with Crippen LogP contribution in [0.4, 0.5) is 4.79 Å². The smallest absolute Gasteiger partial charge is 0.410 e. The average molecular weight is 351 g/mol. The molecule has 0 aliphatic carbocycles. The summed E-state index contributed by atoms with van der Waals surface area (Å²) in [6.45, 7) is 10.3. The fourth-order valence-corrected chi connectivity index (χ4v) is 3.56. The second kappa shape index (κ2) is 9.33.